The number of nitrogens with zero attached hydrogens (tertiary/aromatic N) is 2. The number of nitrogens with one attached hydrogen (secondary N) is 1. The zero-order valence-corrected chi connectivity index (χ0v) is 8.97. The average Bonchev–Trinajstić information content (AvgIpc) is 2.71. The molecule has 0 aliphatic heterocycles. The Balaban J connectivity index is 2.32. The lowest BCUT2D eigenvalue weighted by Gasteiger charge is -1.98. The fraction of sp³-hybridized carbons (Fsp3) is 0.273. The van der Waals surface area contributed by atoms with E-state index in [0.29, 0.717) is 5.69 Å². The molecule has 0 unspecified atom stereocenters. The summed E-state index contributed by atoms with van der Waals surface area (Å²) in [5.74, 6) is -0.267. The standard InChI is InChI=1S/C11H13N3O2/c1-8-3-2-4-10-13-9(7-14(8)10)11(16)12-5-6-15/h2-4,7,15H,5-6H2,1H3,(H,12,16). The van der Waals surface area contributed by atoms with Gasteiger partial charge in [-0.2, -0.15) is 0 Å². The molecule has 5 heteroatoms. The van der Waals surface area contributed by atoms with Crippen LogP contribution in [0.3, 0.4) is 0 Å². The van der Waals surface area contributed by atoms with Crippen LogP contribution in [0.1, 0.15) is 16.2 Å². The quantitative estimate of drug-likeness (QED) is 0.783. The molecule has 0 spiro atoms. The highest BCUT2D eigenvalue weighted by Crippen LogP contribution is 2.08. The Morgan fingerprint density at radius 2 is 2.38 bits per heavy atom. The smallest absolute Gasteiger partial charge is 0.271 e. The first kappa shape index (κ1) is 10.6. The number of rotatable bonds is 3. The lowest BCUT2D eigenvalue weighted by Crippen LogP contribution is -2.26. The molecule has 0 bridgehead atoms. The van der Waals surface area contributed by atoms with Gasteiger partial charge in [-0.25, -0.2) is 4.98 Å². The molecule has 0 atom stereocenters. The van der Waals surface area contributed by atoms with E-state index in [-0.39, 0.29) is 19.1 Å². The second-order valence-electron chi connectivity index (χ2n) is 3.50. The fourth-order valence-electron chi connectivity index (χ4n) is 1.52. The van der Waals surface area contributed by atoms with Gasteiger partial charge >= 0.3 is 0 Å². The molecular weight excluding hydrogens is 206 g/mol. The van der Waals surface area contributed by atoms with Gasteiger partial charge in [0.25, 0.3) is 5.91 Å². The maximum absolute atomic E-state index is 11.6. The third-order valence-electron chi connectivity index (χ3n) is 2.33. The second kappa shape index (κ2) is 4.32. The number of pyridine rings is 1. The predicted molar refractivity (Wildman–Crippen MR) is 59.3 cm³/mol. The van der Waals surface area contributed by atoms with Gasteiger partial charge in [-0.05, 0) is 19.1 Å². The Labute approximate surface area is 92.7 Å². The van der Waals surface area contributed by atoms with Crippen LogP contribution in [0.2, 0.25) is 0 Å². The van der Waals surface area contributed by atoms with Crippen LogP contribution in [0.4, 0.5) is 0 Å². The molecular formula is C11H13N3O2. The van der Waals surface area contributed by atoms with E-state index in [4.69, 9.17) is 5.11 Å². The first-order valence-corrected chi connectivity index (χ1v) is 5.06. The summed E-state index contributed by atoms with van der Waals surface area (Å²) in [5, 5.41) is 11.2. The summed E-state index contributed by atoms with van der Waals surface area (Å²) in [6.07, 6.45) is 1.69. The third-order valence-corrected chi connectivity index (χ3v) is 2.33. The summed E-state index contributed by atoms with van der Waals surface area (Å²) < 4.78 is 1.86. The molecule has 0 aliphatic carbocycles. The summed E-state index contributed by atoms with van der Waals surface area (Å²) in [6.45, 7) is 2.12. The van der Waals surface area contributed by atoms with E-state index in [0.717, 1.165) is 11.3 Å². The maximum Gasteiger partial charge on any atom is 0.271 e. The van der Waals surface area contributed by atoms with Crippen LogP contribution >= 0.6 is 0 Å². The molecule has 0 aromatic carbocycles. The number of aliphatic hydroxyl groups is 1. The van der Waals surface area contributed by atoms with E-state index in [1.54, 1.807) is 6.20 Å². The molecule has 16 heavy (non-hydrogen) atoms. The second-order valence-corrected chi connectivity index (χ2v) is 3.50. The van der Waals surface area contributed by atoms with Crippen molar-refractivity contribution in [2.24, 2.45) is 0 Å². The molecule has 1 amide bonds. The minimum Gasteiger partial charge on any atom is -0.395 e. The zero-order chi connectivity index (χ0) is 11.5. The number of aromatic nitrogens is 2. The van der Waals surface area contributed by atoms with Crippen LogP contribution in [0.25, 0.3) is 5.65 Å². The van der Waals surface area contributed by atoms with Gasteiger partial charge in [0.15, 0.2) is 0 Å². The maximum atomic E-state index is 11.6. The highest BCUT2D eigenvalue weighted by molar-refractivity contribution is 5.92. The number of hydrogen-bond acceptors (Lipinski definition) is 3. The SMILES string of the molecule is Cc1cccc2nc(C(=O)NCCO)cn12. The summed E-state index contributed by atoms with van der Waals surface area (Å²) in [4.78, 5) is 15.8. The molecule has 0 radical (unpaired) electrons. The van der Waals surface area contributed by atoms with Gasteiger partial charge in [0, 0.05) is 18.4 Å². The minimum atomic E-state index is -0.267. The highest BCUT2D eigenvalue weighted by Gasteiger charge is 2.10. The topological polar surface area (TPSA) is 66.6 Å². The highest BCUT2D eigenvalue weighted by atomic mass is 16.3. The molecule has 0 saturated carbocycles. The molecule has 2 aromatic heterocycles. The first-order chi connectivity index (χ1) is 7.72. The number of aryl methyl sites for hydroxylation is 1. The zero-order valence-electron chi connectivity index (χ0n) is 8.97. The van der Waals surface area contributed by atoms with Crippen LogP contribution in [0.5, 0.6) is 0 Å². The van der Waals surface area contributed by atoms with Crippen LogP contribution in [0, 0.1) is 6.92 Å². The average molecular weight is 219 g/mol. The largest absolute Gasteiger partial charge is 0.395 e. The molecule has 0 aliphatic rings. The van der Waals surface area contributed by atoms with Crippen LogP contribution in [-0.2, 0) is 0 Å². The minimum absolute atomic E-state index is 0.0713. The van der Waals surface area contributed by atoms with Crippen molar-refractivity contribution in [3.05, 3.63) is 35.8 Å². The van der Waals surface area contributed by atoms with Gasteiger partial charge in [0.05, 0.1) is 6.61 Å². The summed E-state index contributed by atoms with van der Waals surface area (Å²) in [7, 11) is 0. The van der Waals surface area contributed by atoms with Crippen molar-refractivity contribution in [1.82, 2.24) is 14.7 Å². The number of carbonyl (C=O) groups is 1. The van der Waals surface area contributed by atoms with E-state index in [1.165, 1.54) is 0 Å². The lowest BCUT2D eigenvalue weighted by molar-refractivity contribution is 0.0940. The number of aliphatic hydroxyl groups excluding tert-OH is 1. The molecule has 0 saturated heterocycles. The molecule has 0 fully saturated rings. The Morgan fingerprint density at radius 3 is 3.06 bits per heavy atom. The molecule has 5 nitrogen and oxygen atoms in total. The van der Waals surface area contributed by atoms with E-state index in [1.807, 2.05) is 29.5 Å². The van der Waals surface area contributed by atoms with Gasteiger partial charge < -0.3 is 14.8 Å². The predicted octanol–water partition coefficient (Wildman–Crippen LogP) is 0.365. The van der Waals surface area contributed by atoms with E-state index < -0.39 is 0 Å². The van der Waals surface area contributed by atoms with Crippen molar-refractivity contribution in [3.63, 3.8) is 0 Å². The van der Waals surface area contributed by atoms with Crippen LogP contribution < -0.4 is 5.32 Å². The summed E-state index contributed by atoms with van der Waals surface area (Å²) in [5.41, 5.74) is 2.13. The van der Waals surface area contributed by atoms with Gasteiger partial charge in [0.1, 0.15) is 11.3 Å². The van der Waals surface area contributed by atoms with E-state index in [2.05, 4.69) is 10.3 Å². The van der Waals surface area contributed by atoms with Crippen molar-refractivity contribution < 1.29 is 9.90 Å². The first-order valence-electron chi connectivity index (χ1n) is 5.06. The number of fused-ring (bicyclic) bond motifs is 1. The summed E-state index contributed by atoms with van der Waals surface area (Å²) >= 11 is 0. The van der Waals surface area contributed by atoms with Gasteiger partial charge in [-0.1, -0.05) is 6.07 Å². The van der Waals surface area contributed by atoms with Crippen molar-refractivity contribution in [2.75, 3.05) is 13.2 Å². The normalized spacial score (nSPS) is 10.6. The van der Waals surface area contributed by atoms with Crippen molar-refractivity contribution in [1.29, 1.82) is 0 Å². The van der Waals surface area contributed by atoms with Crippen molar-refractivity contribution >= 4 is 11.6 Å². The van der Waals surface area contributed by atoms with Crippen LogP contribution in [-0.4, -0.2) is 33.6 Å². The molecule has 2 aromatic rings. The molecule has 2 heterocycles. The van der Waals surface area contributed by atoms with Gasteiger partial charge in [0.2, 0.25) is 0 Å². The number of carbonyl (C=O) groups excluding carboxylic acids is 1. The monoisotopic (exact) mass is 219 g/mol. The Bertz CT molecular complexity index is 519. The number of hydrogen-bond donors (Lipinski definition) is 2. The van der Waals surface area contributed by atoms with E-state index in [9.17, 15) is 4.79 Å². The molecule has 2 rings (SSSR count). The van der Waals surface area contributed by atoms with Gasteiger partial charge in [-0.15, -0.1) is 0 Å². The van der Waals surface area contributed by atoms with Crippen molar-refractivity contribution in [3.8, 4) is 0 Å². The fourth-order valence-corrected chi connectivity index (χ4v) is 1.52. The Kier molecular flexibility index (Phi) is 2.87. The molecule has 84 valence electrons. The third kappa shape index (κ3) is 1.90. The number of imidazole rings is 1. The van der Waals surface area contributed by atoms with Crippen molar-refractivity contribution in [2.45, 2.75) is 6.92 Å². The van der Waals surface area contributed by atoms with Crippen LogP contribution in [0.15, 0.2) is 24.4 Å². The Hall–Kier alpha value is -1.88. The summed E-state index contributed by atoms with van der Waals surface area (Å²) in [6, 6.07) is 5.69. The number of amides is 1. The van der Waals surface area contributed by atoms with E-state index >= 15 is 0 Å². The Morgan fingerprint density at radius 1 is 1.56 bits per heavy atom. The molecule has 2 N–H and O–H groups in total. The van der Waals surface area contributed by atoms with Gasteiger partial charge in [-0.3, -0.25) is 4.79 Å². The lowest BCUT2D eigenvalue weighted by atomic mass is 10.4.